The molecule has 0 bridgehead atoms. The van der Waals surface area contributed by atoms with Gasteiger partial charge in [-0.25, -0.2) is 9.18 Å². The topological polar surface area (TPSA) is 50.4 Å². The maximum Gasteiger partial charge on any atom is 0.407 e. The summed E-state index contributed by atoms with van der Waals surface area (Å²) in [5, 5.41) is 6.13. The average molecular weight is 331 g/mol. The fraction of sp³-hybridized carbons (Fsp3) is 0.562. The number of carbonyl (C=O) groups excluding carboxylic acids is 1. The zero-order valence-corrected chi connectivity index (χ0v) is 14.3. The van der Waals surface area contributed by atoms with Gasteiger partial charge in [0.05, 0.1) is 5.02 Å². The molecule has 0 aliphatic heterocycles. The van der Waals surface area contributed by atoms with Crippen LogP contribution in [0.25, 0.3) is 0 Å². The standard InChI is InChI=1S/C16H24ClFN2O2/c1-11(20-15(21)22-16(2,3)4)7-8-19-10-12-5-6-14(18)13(17)9-12/h5-6,9,11,19H,7-8,10H2,1-4H3,(H,20,21). The molecular formula is C16H24ClFN2O2. The van der Waals surface area contributed by atoms with Gasteiger partial charge in [0.1, 0.15) is 11.4 Å². The quantitative estimate of drug-likeness (QED) is 0.778. The molecule has 0 aliphatic carbocycles. The van der Waals surface area contributed by atoms with Crippen LogP contribution in [-0.2, 0) is 11.3 Å². The highest BCUT2D eigenvalue weighted by Gasteiger charge is 2.17. The van der Waals surface area contributed by atoms with Crippen molar-refractivity contribution in [1.29, 1.82) is 0 Å². The third-order valence-electron chi connectivity index (χ3n) is 2.83. The minimum atomic E-state index is -0.496. The van der Waals surface area contributed by atoms with Crippen molar-refractivity contribution in [2.24, 2.45) is 0 Å². The lowest BCUT2D eigenvalue weighted by molar-refractivity contribution is 0.0506. The van der Waals surface area contributed by atoms with Gasteiger partial charge in [0.25, 0.3) is 0 Å². The Hall–Kier alpha value is -1.33. The van der Waals surface area contributed by atoms with Gasteiger partial charge in [0.2, 0.25) is 0 Å². The summed E-state index contributed by atoms with van der Waals surface area (Å²) >= 11 is 5.72. The molecule has 1 unspecified atom stereocenters. The first-order chi connectivity index (χ1) is 10.2. The van der Waals surface area contributed by atoms with Crippen LogP contribution in [0.4, 0.5) is 9.18 Å². The van der Waals surface area contributed by atoms with E-state index in [1.54, 1.807) is 12.1 Å². The molecule has 2 N–H and O–H groups in total. The van der Waals surface area contributed by atoms with Crippen molar-refractivity contribution in [2.75, 3.05) is 6.54 Å². The van der Waals surface area contributed by atoms with Crippen molar-refractivity contribution in [3.05, 3.63) is 34.6 Å². The third kappa shape index (κ3) is 7.61. The van der Waals surface area contributed by atoms with Crippen LogP contribution in [0.3, 0.4) is 0 Å². The number of benzene rings is 1. The molecule has 4 nitrogen and oxygen atoms in total. The first kappa shape index (κ1) is 18.7. The first-order valence-electron chi connectivity index (χ1n) is 7.31. The lowest BCUT2D eigenvalue weighted by Crippen LogP contribution is -2.38. The Morgan fingerprint density at radius 2 is 2.09 bits per heavy atom. The number of amides is 1. The summed E-state index contributed by atoms with van der Waals surface area (Å²) in [7, 11) is 0. The van der Waals surface area contributed by atoms with E-state index in [0.717, 1.165) is 12.0 Å². The van der Waals surface area contributed by atoms with E-state index in [1.165, 1.54) is 6.07 Å². The maximum atomic E-state index is 13.0. The minimum Gasteiger partial charge on any atom is -0.444 e. The highest BCUT2D eigenvalue weighted by Crippen LogP contribution is 2.15. The molecule has 0 aromatic heterocycles. The number of alkyl carbamates (subject to hydrolysis) is 1. The normalized spacial score (nSPS) is 12.8. The van der Waals surface area contributed by atoms with Crippen LogP contribution in [0, 0.1) is 5.82 Å². The second-order valence-electron chi connectivity index (χ2n) is 6.26. The minimum absolute atomic E-state index is 0.000782. The Morgan fingerprint density at radius 3 is 2.68 bits per heavy atom. The largest absolute Gasteiger partial charge is 0.444 e. The summed E-state index contributed by atoms with van der Waals surface area (Å²) in [5.41, 5.74) is 0.420. The van der Waals surface area contributed by atoms with E-state index < -0.39 is 17.5 Å². The fourth-order valence-corrected chi connectivity index (χ4v) is 1.98. The van der Waals surface area contributed by atoms with Crippen LogP contribution in [0.5, 0.6) is 0 Å². The molecule has 0 aliphatic rings. The van der Waals surface area contributed by atoms with E-state index in [4.69, 9.17) is 16.3 Å². The zero-order valence-electron chi connectivity index (χ0n) is 13.5. The number of halogens is 2. The Morgan fingerprint density at radius 1 is 1.41 bits per heavy atom. The molecule has 1 aromatic rings. The molecule has 0 saturated carbocycles. The molecule has 0 spiro atoms. The van der Waals surface area contributed by atoms with Crippen LogP contribution in [0.2, 0.25) is 5.02 Å². The molecule has 1 amide bonds. The van der Waals surface area contributed by atoms with Crippen LogP contribution in [0.15, 0.2) is 18.2 Å². The highest BCUT2D eigenvalue weighted by atomic mass is 35.5. The summed E-state index contributed by atoms with van der Waals surface area (Å²) in [5.74, 6) is -0.416. The molecule has 0 heterocycles. The van der Waals surface area contributed by atoms with Gasteiger partial charge < -0.3 is 15.4 Å². The first-order valence-corrected chi connectivity index (χ1v) is 7.69. The lowest BCUT2D eigenvalue weighted by atomic mass is 10.2. The predicted molar refractivity (Wildman–Crippen MR) is 86.6 cm³/mol. The smallest absolute Gasteiger partial charge is 0.407 e. The molecule has 1 aromatic carbocycles. The van der Waals surface area contributed by atoms with Crippen molar-refractivity contribution >= 4 is 17.7 Å². The van der Waals surface area contributed by atoms with E-state index in [2.05, 4.69) is 10.6 Å². The molecule has 1 atom stereocenters. The lowest BCUT2D eigenvalue weighted by Gasteiger charge is -2.22. The molecule has 0 fully saturated rings. The van der Waals surface area contributed by atoms with Crippen LogP contribution >= 0.6 is 11.6 Å². The molecule has 6 heteroatoms. The van der Waals surface area contributed by atoms with Gasteiger partial charge in [-0.3, -0.25) is 0 Å². The number of hydrogen-bond acceptors (Lipinski definition) is 3. The summed E-state index contributed by atoms with van der Waals surface area (Å²) < 4.78 is 18.2. The van der Waals surface area contributed by atoms with Crippen molar-refractivity contribution in [3.8, 4) is 0 Å². The summed E-state index contributed by atoms with van der Waals surface area (Å²) in [6.45, 7) is 8.71. The van der Waals surface area contributed by atoms with E-state index in [1.807, 2.05) is 27.7 Å². The van der Waals surface area contributed by atoms with E-state index in [-0.39, 0.29) is 11.1 Å². The molecular weight excluding hydrogens is 307 g/mol. The van der Waals surface area contributed by atoms with Crippen molar-refractivity contribution in [1.82, 2.24) is 10.6 Å². The third-order valence-corrected chi connectivity index (χ3v) is 3.12. The number of ether oxygens (including phenoxy) is 1. The number of carbonyl (C=O) groups is 1. The van der Waals surface area contributed by atoms with E-state index >= 15 is 0 Å². The summed E-state index contributed by atoms with van der Waals surface area (Å²) in [4.78, 5) is 11.6. The Labute approximate surface area is 136 Å². The molecule has 124 valence electrons. The number of nitrogens with one attached hydrogen (secondary N) is 2. The zero-order chi connectivity index (χ0) is 16.8. The predicted octanol–water partition coefficient (Wildman–Crippen LogP) is 3.87. The van der Waals surface area contributed by atoms with Crippen LogP contribution in [-0.4, -0.2) is 24.3 Å². The number of hydrogen-bond donors (Lipinski definition) is 2. The Bertz CT molecular complexity index is 503. The van der Waals surface area contributed by atoms with Crippen molar-refractivity contribution in [2.45, 2.75) is 52.3 Å². The van der Waals surface area contributed by atoms with Crippen molar-refractivity contribution in [3.63, 3.8) is 0 Å². The molecule has 0 radical (unpaired) electrons. The van der Waals surface area contributed by atoms with Crippen molar-refractivity contribution < 1.29 is 13.9 Å². The van der Waals surface area contributed by atoms with Gasteiger partial charge in [-0.15, -0.1) is 0 Å². The fourth-order valence-electron chi connectivity index (χ4n) is 1.78. The van der Waals surface area contributed by atoms with Gasteiger partial charge in [0, 0.05) is 12.6 Å². The SMILES string of the molecule is CC(CCNCc1ccc(F)c(Cl)c1)NC(=O)OC(C)(C)C. The van der Waals surface area contributed by atoms with Crippen LogP contribution < -0.4 is 10.6 Å². The second-order valence-corrected chi connectivity index (χ2v) is 6.67. The monoisotopic (exact) mass is 330 g/mol. The van der Waals surface area contributed by atoms with Gasteiger partial charge in [-0.1, -0.05) is 17.7 Å². The van der Waals surface area contributed by atoms with Gasteiger partial charge in [0.15, 0.2) is 0 Å². The number of rotatable bonds is 6. The van der Waals surface area contributed by atoms with Crippen LogP contribution in [0.1, 0.15) is 39.7 Å². The average Bonchev–Trinajstić information content (AvgIpc) is 2.36. The second kappa shape index (κ2) is 8.34. The Balaban J connectivity index is 2.23. The van der Waals surface area contributed by atoms with E-state index in [9.17, 15) is 9.18 Å². The molecule has 0 saturated heterocycles. The highest BCUT2D eigenvalue weighted by molar-refractivity contribution is 6.30. The van der Waals surface area contributed by atoms with Gasteiger partial charge in [-0.05, 0) is 58.4 Å². The van der Waals surface area contributed by atoms with Gasteiger partial charge >= 0.3 is 6.09 Å². The van der Waals surface area contributed by atoms with E-state index in [0.29, 0.717) is 13.1 Å². The Kier molecular flexibility index (Phi) is 7.10. The molecule has 22 heavy (non-hydrogen) atoms. The van der Waals surface area contributed by atoms with Gasteiger partial charge in [-0.2, -0.15) is 0 Å². The molecule has 1 rings (SSSR count). The summed E-state index contributed by atoms with van der Waals surface area (Å²) in [6.07, 6.45) is 0.346. The summed E-state index contributed by atoms with van der Waals surface area (Å²) in [6, 6.07) is 4.65. The maximum absolute atomic E-state index is 13.0.